The average Bonchev–Trinajstić information content (AvgIpc) is 3.20. The second-order valence-electron chi connectivity index (χ2n) is 6.02. The van der Waals surface area contributed by atoms with Gasteiger partial charge in [-0.05, 0) is 37.3 Å². The molecule has 3 heterocycles. The van der Waals surface area contributed by atoms with E-state index in [1.165, 1.54) is 14.6 Å². The molecule has 0 radical (unpaired) electrons. The number of fused-ring (bicyclic) bond motifs is 1. The molecule has 3 nitrogen and oxygen atoms in total. The maximum absolute atomic E-state index is 12.7. The van der Waals surface area contributed by atoms with E-state index in [4.69, 9.17) is 0 Å². The summed E-state index contributed by atoms with van der Waals surface area (Å²) in [5.74, 6) is 0.695. The molecule has 118 valence electrons. The second kappa shape index (κ2) is 6.06. The number of benzene rings is 1. The highest BCUT2D eigenvalue weighted by Crippen LogP contribution is 2.32. The Hall–Kier alpha value is -1.72. The first-order chi connectivity index (χ1) is 11.2. The van der Waals surface area contributed by atoms with E-state index in [1.807, 2.05) is 29.3 Å². The van der Waals surface area contributed by atoms with Crippen LogP contribution in [0.1, 0.15) is 38.3 Å². The van der Waals surface area contributed by atoms with Crippen LogP contribution >= 0.6 is 22.7 Å². The third kappa shape index (κ3) is 2.91. The lowest BCUT2D eigenvalue weighted by atomic mass is 9.97. The topological polar surface area (TPSA) is 33.2 Å². The lowest BCUT2D eigenvalue weighted by molar-refractivity contribution is 0.0718. The molecule has 0 bridgehead atoms. The number of thiazole rings is 1. The zero-order valence-electron chi connectivity index (χ0n) is 13.0. The Labute approximate surface area is 143 Å². The van der Waals surface area contributed by atoms with E-state index in [1.54, 1.807) is 22.7 Å². The van der Waals surface area contributed by atoms with Crippen molar-refractivity contribution in [1.29, 1.82) is 0 Å². The lowest BCUT2D eigenvalue weighted by Gasteiger charge is -2.30. The Morgan fingerprint density at radius 3 is 2.70 bits per heavy atom. The van der Waals surface area contributed by atoms with Crippen molar-refractivity contribution in [2.24, 2.45) is 0 Å². The highest BCUT2D eigenvalue weighted by Gasteiger charge is 2.26. The van der Waals surface area contributed by atoms with Gasteiger partial charge < -0.3 is 4.90 Å². The number of thiophene rings is 1. The SMILES string of the molecule is Cc1cnc(C2CCN(C(=O)c3cc4ccccc4s3)CC2)s1. The number of carbonyl (C=O) groups excluding carboxylic acids is 1. The number of nitrogens with zero attached hydrogens (tertiary/aromatic N) is 2. The summed E-state index contributed by atoms with van der Waals surface area (Å²) in [4.78, 5) is 21.4. The lowest BCUT2D eigenvalue weighted by Crippen LogP contribution is -2.37. The van der Waals surface area contributed by atoms with E-state index in [2.05, 4.69) is 24.0 Å². The van der Waals surface area contributed by atoms with Crippen molar-refractivity contribution in [3.8, 4) is 0 Å². The minimum absolute atomic E-state index is 0.181. The third-order valence-corrected chi connectivity index (χ3v) is 6.59. The van der Waals surface area contributed by atoms with Crippen LogP contribution < -0.4 is 0 Å². The van der Waals surface area contributed by atoms with Gasteiger partial charge in [0.25, 0.3) is 5.91 Å². The Bertz CT molecular complexity index is 810. The second-order valence-corrected chi connectivity index (χ2v) is 8.37. The summed E-state index contributed by atoms with van der Waals surface area (Å²) < 4.78 is 1.18. The van der Waals surface area contributed by atoms with Gasteiger partial charge in [0.05, 0.1) is 9.88 Å². The average molecular weight is 342 g/mol. The van der Waals surface area contributed by atoms with Crippen molar-refractivity contribution in [3.05, 3.63) is 51.3 Å². The summed E-state index contributed by atoms with van der Waals surface area (Å²) >= 11 is 3.39. The number of rotatable bonds is 2. The first-order valence-electron chi connectivity index (χ1n) is 7.91. The Balaban J connectivity index is 1.46. The van der Waals surface area contributed by atoms with E-state index in [-0.39, 0.29) is 5.91 Å². The predicted molar refractivity (Wildman–Crippen MR) is 96.6 cm³/mol. The zero-order chi connectivity index (χ0) is 15.8. The van der Waals surface area contributed by atoms with Gasteiger partial charge in [-0.3, -0.25) is 4.79 Å². The Kier molecular flexibility index (Phi) is 3.91. The standard InChI is InChI=1S/C18H18N2OS2/c1-12-11-19-17(22-12)13-6-8-20(9-7-13)18(21)16-10-14-4-2-3-5-15(14)23-16/h2-5,10-11,13H,6-9H2,1H3. The monoisotopic (exact) mass is 342 g/mol. The van der Waals surface area contributed by atoms with Crippen molar-refractivity contribution in [3.63, 3.8) is 0 Å². The van der Waals surface area contributed by atoms with Crippen LogP contribution in [0, 0.1) is 6.92 Å². The van der Waals surface area contributed by atoms with Gasteiger partial charge in [-0.1, -0.05) is 18.2 Å². The van der Waals surface area contributed by atoms with Gasteiger partial charge in [-0.15, -0.1) is 22.7 Å². The van der Waals surface area contributed by atoms with Gasteiger partial charge >= 0.3 is 0 Å². The molecule has 0 saturated carbocycles. The third-order valence-electron chi connectivity index (χ3n) is 4.41. The number of likely N-dealkylation sites (tertiary alicyclic amines) is 1. The smallest absolute Gasteiger partial charge is 0.263 e. The number of aromatic nitrogens is 1. The van der Waals surface area contributed by atoms with Crippen LogP contribution in [0.5, 0.6) is 0 Å². The summed E-state index contributed by atoms with van der Waals surface area (Å²) in [7, 11) is 0. The van der Waals surface area contributed by atoms with Crippen LogP contribution in [0.25, 0.3) is 10.1 Å². The van der Waals surface area contributed by atoms with E-state index >= 15 is 0 Å². The quantitative estimate of drug-likeness (QED) is 0.677. The molecule has 0 spiro atoms. The van der Waals surface area contributed by atoms with Gasteiger partial charge in [-0.25, -0.2) is 4.98 Å². The largest absolute Gasteiger partial charge is 0.338 e. The molecule has 1 fully saturated rings. The van der Waals surface area contributed by atoms with Gasteiger partial charge in [0.15, 0.2) is 0 Å². The number of hydrogen-bond acceptors (Lipinski definition) is 4. The molecule has 1 saturated heterocycles. The molecule has 0 unspecified atom stereocenters. The molecule has 0 atom stereocenters. The maximum Gasteiger partial charge on any atom is 0.263 e. The first-order valence-corrected chi connectivity index (χ1v) is 9.54. The summed E-state index contributed by atoms with van der Waals surface area (Å²) in [6, 6.07) is 10.2. The molecular formula is C18H18N2OS2. The molecule has 0 N–H and O–H groups in total. The number of aryl methyl sites for hydroxylation is 1. The number of piperidine rings is 1. The number of carbonyl (C=O) groups is 1. The van der Waals surface area contributed by atoms with Crippen molar-refractivity contribution in [2.45, 2.75) is 25.7 Å². The number of amides is 1. The molecule has 4 rings (SSSR count). The summed E-state index contributed by atoms with van der Waals surface area (Å²) in [5.41, 5.74) is 0. The van der Waals surface area contributed by atoms with Crippen molar-refractivity contribution in [2.75, 3.05) is 13.1 Å². The molecular weight excluding hydrogens is 324 g/mol. The van der Waals surface area contributed by atoms with Gasteiger partial charge in [-0.2, -0.15) is 0 Å². The summed E-state index contributed by atoms with van der Waals surface area (Å²) in [6.07, 6.45) is 3.99. The van der Waals surface area contributed by atoms with Gasteiger partial charge in [0.2, 0.25) is 0 Å². The van der Waals surface area contributed by atoms with E-state index in [0.29, 0.717) is 5.92 Å². The molecule has 0 aliphatic carbocycles. The summed E-state index contributed by atoms with van der Waals surface area (Å²) in [5, 5.41) is 2.39. The minimum Gasteiger partial charge on any atom is -0.338 e. The van der Waals surface area contributed by atoms with Crippen LogP contribution in [0.2, 0.25) is 0 Å². The van der Waals surface area contributed by atoms with E-state index in [0.717, 1.165) is 36.2 Å². The molecule has 3 aromatic rings. The maximum atomic E-state index is 12.7. The Morgan fingerprint density at radius 1 is 1.22 bits per heavy atom. The zero-order valence-corrected chi connectivity index (χ0v) is 14.6. The molecule has 1 aromatic carbocycles. The minimum atomic E-state index is 0.181. The van der Waals surface area contributed by atoms with Crippen molar-refractivity contribution < 1.29 is 4.79 Å². The molecule has 5 heteroatoms. The van der Waals surface area contributed by atoms with Crippen LogP contribution in [0.4, 0.5) is 0 Å². The normalized spacial score (nSPS) is 16.1. The fraction of sp³-hybridized carbons (Fsp3) is 0.333. The van der Waals surface area contributed by atoms with E-state index in [9.17, 15) is 4.79 Å². The fourth-order valence-corrected chi connectivity index (χ4v) is 5.11. The van der Waals surface area contributed by atoms with Crippen LogP contribution in [0.15, 0.2) is 36.5 Å². The highest BCUT2D eigenvalue weighted by atomic mass is 32.1. The predicted octanol–water partition coefficient (Wildman–Crippen LogP) is 4.69. The van der Waals surface area contributed by atoms with Crippen LogP contribution in [-0.4, -0.2) is 28.9 Å². The molecule has 1 amide bonds. The van der Waals surface area contributed by atoms with Crippen LogP contribution in [-0.2, 0) is 0 Å². The molecule has 2 aromatic heterocycles. The summed E-state index contributed by atoms with van der Waals surface area (Å²) in [6.45, 7) is 3.76. The van der Waals surface area contributed by atoms with Gasteiger partial charge in [0, 0.05) is 34.8 Å². The molecule has 1 aliphatic heterocycles. The highest BCUT2D eigenvalue weighted by molar-refractivity contribution is 7.20. The number of hydrogen-bond donors (Lipinski definition) is 0. The molecule has 1 aliphatic rings. The molecule has 23 heavy (non-hydrogen) atoms. The first kappa shape index (κ1) is 14.8. The van der Waals surface area contributed by atoms with Gasteiger partial charge in [0.1, 0.15) is 0 Å². The fourth-order valence-electron chi connectivity index (χ4n) is 3.13. The van der Waals surface area contributed by atoms with E-state index < -0.39 is 0 Å². The Morgan fingerprint density at radius 2 is 2.00 bits per heavy atom. The van der Waals surface area contributed by atoms with Crippen molar-refractivity contribution in [1.82, 2.24) is 9.88 Å². The van der Waals surface area contributed by atoms with Crippen molar-refractivity contribution >= 4 is 38.7 Å². The van der Waals surface area contributed by atoms with Crippen LogP contribution in [0.3, 0.4) is 0 Å².